The Hall–Kier alpha value is -2.01. The summed E-state index contributed by atoms with van der Waals surface area (Å²) in [7, 11) is -3.40. The summed E-state index contributed by atoms with van der Waals surface area (Å²) in [6.07, 6.45) is 0. The van der Waals surface area contributed by atoms with Gasteiger partial charge in [0.15, 0.2) is 0 Å². The fourth-order valence-electron chi connectivity index (χ4n) is 2.34. The zero-order chi connectivity index (χ0) is 16.0. The van der Waals surface area contributed by atoms with Crippen molar-refractivity contribution in [2.24, 2.45) is 0 Å². The lowest BCUT2D eigenvalue weighted by atomic mass is 10.2. The summed E-state index contributed by atoms with van der Waals surface area (Å²) in [5.74, 6) is -0.0222. The van der Waals surface area contributed by atoms with Crippen molar-refractivity contribution < 1.29 is 8.42 Å². The highest BCUT2D eigenvalue weighted by atomic mass is 32.2. The Morgan fingerprint density at radius 1 is 0.909 bits per heavy atom. The summed E-state index contributed by atoms with van der Waals surface area (Å²) in [6.45, 7) is 6.05. The lowest BCUT2D eigenvalue weighted by Gasteiger charge is -2.21. The van der Waals surface area contributed by atoms with E-state index in [2.05, 4.69) is 23.5 Å². The highest BCUT2D eigenvalue weighted by molar-refractivity contribution is 7.91. The van der Waals surface area contributed by atoms with Gasteiger partial charge >= 0.3 is 0 Å². The molecule has 4 nitrogen and oxygen atoms in total. The number of hydrogen-bond donors (Lipinski definition) is 1. The van der Waals surface area contributed by atoms with E-state index in [0.717, 1.165) is 24.3 Å². The second kappa shape index (κ2) is 7.31. The van der Waals surface area contributed by atoms with Crippen molar-refractivity contribution in [3.05, 3.63) is 60.2 Å². The van der Waals surface area contributed by atoms with Gasteiger partial charge in [-0.1, -0.05) is 30.3 Å². The molecule has 0 heterocycles. The summed E-state index contributed by atoms with van der Waals surface area (Å²) < 4.78 is 27.0. The molecule has 2 aromatic rings. The topological polar surface area (TPSA) is 49.4 Å². The molecule has 5 heteroatoms. The molecule has 0 saturated heterocycles. The van der Waals surface area contributed by atoms with Crippen LogP contribution in [0.4, 0.5) is 11.4 Å². The van der Waals surface area contributed by atoms with Gasteiger partial charge in [0.2, 0.25) is 10.0 Å². The van der Waals surface area contributed by atoms with Gasteiger partial charge in [-0.25, -0.2) is 8.42 Å². The molecule has 0 atom stereocenters. The Kier molecular flexibility index (Phi) is 5.44. The van der Waals surface area contributed by atoms with Crippen LogP contribution in [0.25, 0.3) is 0 Å². The maximum Gasteiger partial charge on any atom is 0.236 e. The van der Waals surface area contributed by atoms with Crippen molar-refractivity contribution in [3.8, 4) is 0 Å². The molecule has 1 N–H and O–H groups in total. The van der Waals surface area contributed by atoms with Crippen molar-refractivity contribution in [2.45, 2.75) is 19.6 Å². The van der Waals surface area contributed by atoms with Crippen LogP contribution in [0.15, 0.2) is 54.6 Å². The van der Waals surface area contributed by atoms with Crippen LogP contribution < -0.4 is 9.62 Å². The van der Waals surface area contributed by atoms with E-state index in [9.17, 15) is 8.42 Å². The minimum Gasteiger partial charge on any atom is -0.372 e. The summed E-state index contributed by atoms with van der Waals surface area (Å²) in [6, 6.07) is 16.6. The maximum atomic E-state index is 12.2. The Bertz CT molecular complexity index is 678. The molecule has 22 heavy (non-hydrogen) atoms. The number of benzene rings is 2. The zero-order valence-corrected chi connectivity index (χ0v) is 13.8. The molecule has 0 aromatic heterocycles. The van der Waals surface area contributed by atoms with Crippen LogP contribution in [0.1, 0.15) is 19.4 Å². The Labute approximate surface area is 132 Å². The molecule has 0 aliphatic heterocycles. The number of nitrogens with one attached hydrogen (secondary N) is 1. The van der Waals surface area contributed by atoms with E-state index in [4.69, 9.17) is 0 Å². The van der Waals surface area contributed by atoms with Crippen LogP contribution in [-0.2, 0) is 15.8 Å². The van der Waals surface area contributed by atoms with E-state index in [1.807, 2.05) is 42.5 Å². The van der Waals surface area contributed by atoms with E-state index < -0.39 is 10.0 Å². The largest absolute Gasteiger partial charge is 0.372 e. The van der Waals surface area contributed by atoms with Crippen LogP contribution >= 0.6 is 0 Å². The highest BCUT2D eigenvalue weighted by Gasteiger charge is 2.11. The Morgan fingerprint density at radius 2 is 1.50 bits per heavy atom. The van der Waals surface area contributed by atoms with Gasteiger partial charge < -0.3 is 4.90 Å². The van der Waals surface area contributed by atoms with Crippen molar-refractivity contribution in [1.29, 1.82) is 0 Å². The first-order valence-corrected chi connectivity index (χ1v) is 9.08. The molecule has 0 radical (unpaired) electrons. The van der Waals surface area contributed by atoms with E-state index in [1.165, 1.54) is 0 Å². The molecule has 0 aliphatic rings. The van der Waals surface area contributed by atoms with E-state index in [-0.39, 0.29) is 5.75 Å². The number of hydrogen-bond acceptors (Lipinski definition) is 3. The average Bonchev–Trinajstić information content (AvgIpc) is 2.50. The molecule has 0 saturated carbocycles. The fraction of sp³-hybridized carbons (Fsp3) is 0.294. The van der Waals surface area contributed by atoms with Gasteiger partial charge in [0.05, 0.1) is 5.75 Å². The molecule has 0 fully saturated rings. The van der Waals surface area contributed by atoms with Crippen LogP contribution in [-0.4, -0.2) is 21.5 Å². The minimum atomic E-state index is -3.40. The van der Waals surface area contributed by atoms with Gasteiger partial charge in [-0.3, -0.25) is 4.72 Å². The number of sulfonamides is 1. The summed E-state index contributed by atoms with van der Waals surface area (Å²) in [5, 5.41) is 0. The van der Waals surface area contributed by atoms with Crippen molar-refractivity contribution in [1.82, 2.24) is 0 Å². The normalized spacial score (nSPS) is 11.2. The Morgan fingerprint density at radius 3 is 2.05 bits per heavy atom. The van der Waals surface area contributed by atoms with Crippen LogP contribution in [0, 0.1) is 0 Å². The molecule has 0 bridgehead atoms. The smallest absolute Gasteiger partial charge is 0.236 e. The minimum absolute atomic E-state index is 0.0222. The summed E-state index contributed by atoms with van der Waals surface area (Å²) in [4.78, 5) is 2.21. The van der Waals surface area contributed by atoms with Gasteiger partial charge in [-0.15, -0.1) is 0 Å². The van der Waals surface area contributed by atoms with Crippen molar-refractivity contribution in [2.75, 3.05) is 22.7 Å². The number of rotatable bonds is 7. The Balaban J connectivity index is 2.06. The third-order valence-corrected chi connectivity index (χ3v) is 4.73. The predicted octanol–water partition coefficient (Wildman–Crippen LogP) is 3.47. The monoisotopic (exact) mass is 318 g/mol. The van der Waals surface area contributed by atoms with Gasteiger partial charge in [0.1, 0.15) is 0 Å². The van der Waals surface area contributed by atoms with Crippen molar-refractivity contribution >= 4 is 21.4 Å². The standard InChI is InChI=1S/C17H22N2O2S/c1-3-19(4-2)17-12-10-16(11-13-17)18-22(20,21)14-15-8-6-5-7-9-15/h5-13,18H,3-4,14H2,1-2H3. The molecule has 0 aliphatic carbocycles. The SMILES string of the molecule is CCN(CC)c1ccc(NS(=O)(=O)Cc2ccccc2)cc1. The maximum absolute atomic E-state index is 12.2. The number of nitrogens with zero attached hydrogens (tertiary/aromatic N) is 1. The molecular weight excluding hydrogens is 296 g/mol. The second-order valence-electron chi connectivity index (χ2n) is 5.07. The zero-order valence-electron chi connectivity index (χ0n) is 13.0. The highest BCUT2D eigenvalue weighted by Crippen LogP contribution is 2.19. The quantitative estimate of drug-likeness (QED) is 0.850. The first-order chi connectivity index (χ1) is 10.5. The van der Waals surface area contributed by atoms with E-state index in [1.54, 1.807) is 12.1 Å². The first kappa shape index (κ1) is 16.4. The third kappa shape index (κ3) is 4.49. The molecular formula is C17H22N2O2S. The predicted molar refractivity (Wildman–Crippen MR) is 92.7 cm³/mol. The average molecular weight is 318 g/mol. The molecule has 0 spiro atoms. The van der Waals surface area contributed by atoms with Crippen LogP contribution in [0.3, 0.4) is 0 Å². The fourth-order valence-corrected chi connectivity index (χ4v) is 3.54. The second-order valence-corrected chi connectivity index (χ2v) is 6.79. The van der Waals surface area contributed by atoms with Gasteiger partial charge in [0, 0.05) is 24.5 Å². The van der Waals surface area contributed by atoms with Crippen LogP contribution in [0.2, 0.25) is 0 Å². The molecule has 2 aromatic carbocycles. The van der Waals surface area contributed by atoms with Gasteiger partial charge in [-0.05, 0) is 43.7 Å². The molecule has 0 unspecified atom stereocenters. The lowest BCUT2D eigenvalue weighted by molar-refractivity contribution is 0.600. The van der Waals surface area contributed by atoms with E-state index in [0.29, 0.717) is 5.69 Å². The first-order valence-electron chi connectivity index (χ1n) is 7.43. The molecule has 0 amide bonds. The van der Waals surface area contributed by atoms with Gasteiger partial charge in [-0.2, -0.15) is 0 Å². The molecule has 2 rings (SSSR count). The lowest BCUT2D eigenvalue weighted by Crippen LogP contribution is -2.21. The third-order valence-electron chi connectivity index (χ3n) is 3.47. The van der Waals surface area contributed by atoms with Crippen molar-refractivity contribution in [3.63, 3.8) is 0 Å². The van der Waals surface area contributed by atoms with Gasteiger partial charge in [0.25, 0.3) is 0 Å². The number of anilines is 2. The van der Waals surface area contributed by atoms with Crippen LogP contribution in [0.5, 0.6) is 0 Å². The van der Waals surface area contributed by atoms with E-state index >= 15 is 0 Å². The molecule has 118 valence electrons. The summed E-state index contributed by atoms with van der Waals surface area (Å²) >= 11 is 0. The summed E-state index contributed by atoms with van der Waals surface area (Å²) in [5.41, 5.74) is 2.46.